The molecule has 0 fully saturated rings. The highest BCUT2D eigenvalue weighted by Crippen LogP contribution is 2.24. The van der Waals surface area contributed by atoms with Gasteiger partial charge in [-0.15, -0.1) is 11.3 Å². The smallest absolute Gasteiger partial charge is 0.226 e. The second-order valence-corrected chi connectivity index (χ2v) is 7.47. The van der Waals surface area contributed by atoms with E-state index in [0.29, 0.717) is 0 Å². The second-order valence-electron chi connectivity index (χ2n) is 6.62. The van der Waals surface area contributed by atoms with E-state index in [2.05, 4.69) is 51.5 Å². The first kappa shape index (κ1) is 17.4. The number of para-hydroxylation sites is 2. The number of aromatic nitrogens is 3. The average Bonchev–Trinajstić information content (AvgIpc) is 3.29. The van der Waals surface area contributed by atoms with Gasteiger partial charge in [-0.3, -0.25) is 4.79 Å². The summed E-state index contributed by atoms with van der Waals surface area (Å²) in [6.45, 7) is 3.99. The lowest BCUT2D eigenvalue weighted by molar-refractivity contribution is -0.121. The van der Waals surface area contributed by atoms with Crippen LogP contribution in [0, 0.1) is 6.92 Å². The lowest BCUT2D eigenvalue weighted by Gasteiger charge is -2.10. The van der Waals surface area contributed by atoms with E-state index in [0.717, 1.165) is 33.1 Å². The summed E-state index contributed by atoms with van der Waals surface area (Å²) in [6.07, 6.45) is 0.257. The molecule has 136 valence electrons. The quantitative estimate of drug-likeness (QED) is 0.542. The van der Waals surface area contributed by atoms with Crippen molar-refractivity contribution in [2.75, 3.05) is 0 Å². The van der Waals surface area contributed by atoms with Crippen LogP contribution in [0.15, 0.2) is 53.9 Å². The minimum absolute atomic E-state index is 0.0660. The highest BCUT2D eigenvalue weighted by Gasteiger charge is 2.15. The summed E-state index contributed by atoms with van der Waals surface area (Å²) < 4.78 is 0. The fraction of sp³-hybridized carbons (Fsp3) is 0.190. The molecule has 0 unspecified atom stereocenters. The van der Waals surface area contributed by atoms with Crippen LogP contribution in [-0.2, 0) is 11.2 Å². The topological polar surface area (TPSA) is 70.7 Å². The number of carbonyl (C=O) groups is 1. The SMILES string of the molecule is Cc1ccc(-c2nc(CC(=O)N[C@@H](C)c3nc4ccccc4[nH]3)cs2)cc1. The fourth-order valence-electron chi connectivity index (χ4n) is 2.92. The number of hydrogen-bond donors (Lipinski definition) is 2. The monoisotopic (exact) mass is 376 g/mol. The lowest BCUT2D eigenvalue weighted by Crippen LogP contribution is -2.28. The molecule has 0 aliphatic rings. The zero-order valence-corrected chi connectivity index (χ0v) is 16.0. The Morgan fingerprint density at radius 3 is 2.70 bits per heavy atom. The van der Waals surface area contributed by atoms with Crippen molar-refractivity contribution >= 4 is 28.3 Å². The highest BCUT2D eigenvalue weighted by molar-refractivity contribution is 7.13. The third-order valence-corrected chi connectivity index (χ3v) is 5.33. The third kappa shape index (κ3) is 3.90. The standard InChI is InChI=1S/C21H20N4OS/c1-13-7-9-15(10-8-13)21-23-16(12-27-21)11-19(26)22-14(2)20-24-17-5-3-4-6-18(17)25-20/h3-10,12,14H,11H2,1-2H3,(H,22,26)(H,24,25)/t14-/m0/s1. The van der Waals surface area contributed by atoms with Crippen LogP contribution in [0.5, 0.6) is 0 Å². The van der Waals surface area contributed by atoms with Crippen molar-refractivity contribution in [2.45, 2.75) is 26.3 Å². The molecule has 5 nitrogen and oxygen atoms in total. The molecule has 4 aromatic rings. The van der Waals surface area contributed by atoms with Gasteiger partial charge in [0, 0.05) is 10.9 Å². The Morgan fingerprint density at radius 2 is 1.93 bits per heavy atom. The Balaban J connectivity index is 1.41. The van der Waals surface area contributed by atoms with Crippen LogP contribution in [0.2, 0.25) is 0 Å². The van der Waals surface area contributed by atoms with Crippen molar-refractivity contribution in [1.82, 2.24) is 20.3 Å². The maximum Gasteiger partial charge on any atom is 0.226 e. The molecule has 0 saturated heterocycles. The summed E-state index contributed by atoms with van der Waals surface area (Å²) in [4.78, 5) is 24.8. The van der Waals surface area contributed by atoms with Gasteiger partial charge in [-0.2, -0.15) is 0 Å². The number of fused-ring (bicyclic) bond motifs is 1. The maximum absolute atomic E-state index is 12.4. The van der Waals surface area contributed by atoms with Crippen LogP contribution in [0.3, 0.4) is 0 Å². The van der Waals surface area contributed by atoms with Crippen molar-refractivity contribution in [3.63, 3.8) is 0 Å². The van der Waals surface area contributed by atoms with E-state index in [-0.39, 0.29) is 18.4 Å². The Kier molecular flexibility index (Phi) is 4.73. The number of rotatable bonds is 5. The van der Waals surface area contributed by atoms with E-state index in [4.69, 9.17) is 0 Å². The second kappa shape index (κ2) is 7.32. The first-order valence-corrected chi connectivity index (χ1v) is 9.72. The Bertz CT molecular complexity index is 1050. The molecule has 27 heavy (non-hydrogen) atoms. The number of hydrogen-bond acceptors (Lipinski definition) is 4. The van der Waals surface area contributed by atoms with Gasteiger partial charge in [-0.25, -0.2) is 9.97 Å². The molecule has 0 aliphatic carbocycles. The summed E-state index contributed by atoms with van der Waals surface area (Å²) in [6, 6.07) is 15.9. The molecule has 1 atom stereocenters. The number of nitrogens with one attached hydrogen (secondary N) is 2. The number of nitrogens with zero attached hydrogens (tertiary/aromatic N) is 2. The average molecular weight is 376 g/mol. The molecule has 2 heterocycles. The van der Waals surface area contributed by atoms with Crippen molar-refractivity contribution < 1.29 is 4.79 Å². The highest BCUT2D eigenvalue weighted by atomic mass is 32.1. The van der Waals surface area contributed by atoms with Crippen molar-refractivity contribution in [3.05, 3.63) is 71.0 Å². The normalized spacial score (nSPS) is 12.2. The van der Waals surface area contributed by atoms with Crippen molar-refractivity contribution in [3.8, 4) is 10.6 Å². The number of H-pyrrole nitrogens is 1. The van der Waals surface area contributed by atoms with Crippen LogP contribution in [0.25, 0.3) is 21.6 Å². The molecular weight excluding hydrogens is 356 g/mol. The van der Waals surface area contributed by atoms with Gasteiger partial charge in [0.25, 0.3) is 0 Å². The summed E-state index contributed by atoms with van der Waals surface area (Å²) in [7, 11) is 0. The number of amides is 1. The van der Waals surface area contributed by atoms with Crippen LogP contribution >= 0.6 is 11.3 Å². The first-order chi connectivity index (χ1) is 13.1. The molecule has 2 N–H and O–H groups in total. The van der Waals surface area contributed by atoms with Gasteiger partial charge in [0.05, 0.1) is 29.2 Å². The van der Waals surface area contributed by atoms with E-state index in [1.54, 1.807) is 11.3 Å². The molecule has 2 aromatic carbocycles. The number of carbonyl (C=O) groups excluding carboxylic acids is 1. The number of aryl methyl sites for hydroxylation is 1. The molecule has 2 aromatic heterocycles. The molecule has 0 saturated carbocycles. The van der Waals surface area contributed by atoms with Gasteiger partial charge in [0.15, 0.2) is 0 Å². The van der Waals surface area contributed by atoms with Crippen LogP contribution in [0.4, 0.5) is 0 Å². The minimum Gasteiger partial charge on any atom is -0.346 e. The van der Waals surface area contributed by atoms with E-state index < -0.39 is 0 Å². The van der Waals surface area contributed by atoms with E-state index in [1.165, 1.54) is 5.56 Å². The van der Waals surface area contributed by atoms with Crippen LogP contribution < -0.4 is 5.32 Å². The van der Waals surface area contributed by atoms with Gasteiger partial charge in [0.2, 0.25) is 5.91 Å². The summed E-state index contributed by atoms with van der Waals surface area (Å²) in [5, 5.41) is 5.87. The lowest BCUT2D eigenvalue weighted by atomic mass is 10.2. The molecule has 0 aliphatic heterocycles. The zero-order chi connectivity index (χ0) is 18.8. The Labute approximate surface area is 161 Å². The summed E-state index contributed by atoms with van der Waals surface area (Å²) in [5.74, 6) is 0.687. The van der Waals surface area contributed by atoms with E-state index in [9.17, 15) is 4.79 Å². The van der Waals surface area contributed by atoms with Crippen molar-refractivity contribution in [2.24, 2.45) is 0 Å². The number of thiazole rings is 1. The van der Waals surface area contributed by atoms with Crippen molar-refractivity contribution in [1.29, 1.82) is 0 Å². The van der Waals surface area contributed by atoms with Gasteiger partial charge in [0.1, 0.15) is 10.8 Å². The molecule has 0 radical (unpaired) electrons. The molecule has 1 amide bonds. The summed E-state index contributed by atoms with van der Waals surface area (Å²) in [5.41, 5.74) is 4.94. The fourth-order valence-corrected chi connectivity index (χ4v) is 3.75. The predicted molar refractivity (Wildman–Crippen MR) is 109 cm³/mol. The van der Waals surface area contributed by atoms with Crippen LogP contribution in [-0.4, -0.2) is 20.9 Å². The Morgan fingerprint density at radius 1 is 1.15 bits per heavy atom. The number of aromatic amines is 1. The third-order valence-electron chi connectivity index (χ3n) is 4.39. The van der Waals surface area contributed by atoms with E-state index in [1.807, 2.05) is 36.6 Å². The Hall–Kier alpha value is -2.99. The summed E-state index contributed by atoms with van der Waals surface area (Å²) >= 11 is 1.56. The predicted octanol–water partition coefficient (Wildman–Crippen LogP) is 4.41. The molecular formula is C21H20N4OS. The van der Waals surface area contributed by atoms with Gasteiger partial charge < -0.3 is 10.3 Å². The minimum atomic E-state index is -0.194. The number of benzene rings is 2. The van der Waals surface area contributed by atoms with Crippen LogP contribution in [0.1, 0.15) is 30.0 Å². The molecule has 6 heteroatoms. The molecule has 4 rings (SSSR count). The zero-order valence-electron chi connectivity index (χ0n) is 15.2. The largest absolute Gasteiger partial charge is 0.346 e. The van der Waals surface area contributed by atoms with Gasteiger partial charge in [-0.1, -0.05) is 42.0 Å². The van der Waals surface area contributed by atoms with Gasteiger partial charge in [-0.05, 0) is 26.0 Å². The maximum atomic E-state index is 12.4. The molecule has 0 bridgehead atoms. The first-order valence-electron chi connectivity index (χ1n) is 8.84. The van der Waals surface area contributed by atoms with E-state index >= 15 is 0 Å². The van der Waals surface area contributed by atoms with Gasteiger partial charge >= 0.3 is 0 Å². The number of imidazole rings is 1. The molecule has 0 spiro atoms.